The summed E-state index contributed by atoms with van der Waals surface area (Å²) < 4.78 is 7.12. The molecule has 0 aliphatic heterocycles. The minimum Gasteiger partial charge on any atom is -0.493 e. The number of hydrogen-bond acceptors (Lipinski definition) is 5. The minimum atomic E-state index is -0.646. The molecule has 0 saturated carbocycles. The molecule has 0 aliphatic carbocycles. The number of ether oxygens (including phenoxy) is 1. The molecule has 0 aliphatic rings. The molecule has 8 nitrogen and oxygen atoms in total. The van der Waals surface area contributed by atoms with E-state index in [-0.39, 0.29) is 30.4 Å². The molecule has 2 rings (SSSR count). The molecule has 0 atom stereocenters. The normalized spacial score (nSPS) is 11.1. The third-order valence-electron chi connectivity index (χ3n) is 5.23. The standard InChI is InChI=1S/C24H36N4O4/c1-6-7-10-28-22(25)21(23(30)26-24(28)31)27(11-8-16(2)3)20(29)9-12-32-19-14-17(4)13-18(5)15-19/h13-16H,6-12,25H2,1-5H3,(H,26,30,31). The van der Waals surface area contributed by atoms with Crippen molar-refractivity contribution in [1.29, 1.82) is 0 Å². The number of H-pyrrole nitrogens is 1. The summed E-state index contributed by atoms with van der Waals surface area (Å²) in [5.74, 6) is 0.782. The van der Waals surface area contributed by atoms with Gasteiger partial charge in [-0.05, 0) is 55.9 Å². The summed E-state index contributed by atoms with van der Waals surface area (Å²) >= 11 is 0. The average Bonchev–Trinajstić information content (AvgIpc) is 2.69. The Labute approximate surface area is 189 Å². The molecule has 0 fully saturated rings. The maximum Gasteiger partial charge on any atom is 0.330 e. The number of aromatic amines is 1. The van der Waals surface area contributed by atoms with Crippen LogP contribution in [0.1, 0.15) is 57.6 Å². The molecule has 8 heteroatoms. The predicted octanol–water partition coefficient (Wildman–Crippen LogP) is 3.38. The van der Waals surface area contributed by atoms with Crippen LogP contribution in [0.25, 0.3) is 0 Å². The zero-order valence-corrected chi connectivity index (χ0v) is 19.9. The largest absolute Gasteiger partial charge is 0.493 e. The Hall–Kier alpha value is -3.03. The van der Waals surface area contributed by atoms with Crippen molar-refractivity contribution >= 4 is 17.4 Å². The average molecular weight is 445 g/mol. The van der Waals surface area contributed by atoms with Gasteiger partial charge in [0.25, 0.3) is 5.56 Å². The van der Waals surface area contributed by atoms with E-state index in [1.54, 1.807) is 0 Å². The van der Waals surface area contributed by atoms with Gasteiger partial charge in [-0.3, -0.25) is 19.1 Å². The maximum absolute atomic E-state index is 13.1. The van der Waals surface area contributed by atoms with E-state index in [0.717, 1.165) is 24.0 Å². The lowest BCUT2D eigenvalue weighted by atomic mass is 10.1. The second-order valence-electron chi connectivity index (χ2n) is 8.65. The quantitative estimate of drug-likeness (QED) is 0.552. The molecule has 176 valence electrons. The van der Waals surface area contributed by atoms with Gasteiger partial charge >= 0.3 is 5.69 Å². The van der Waals surface area contributed by atoms with Gasteiger partial charge in [0, 0.05) is 13.1 Å². The van der Waals surface area contributed by atoms with Gasteiger partial charge < -0.3 is 15.4 Å². The van der Waals surface area contributed by atoms with Gasteiger partial charge in [-0.15, -0.1) is 0 Å². The van der Waals surface area contributed by atoms with E-state index in [0.29, 0.717) is 31.2 Å². The first-order valence-corrected chi connectivity index (χ1v) is 11.3. The number of unbranched alkanes of at least 4 members (excludes halogenated alkanes) is 1. The number of nitrogen functional groups attached to an aromatic ring is 1. The molecule has 2 aromatic rings. The predicted molar refractivity (Wildman–Crippen MR) is 128 cm³/mol. The van der Waals surface area contributed by atoms with Gasteiger partial charge in [0.05, 0.1) is 13.0 Å². The zero-order valence-electron chi connectivity index (χ0n) is 19.9. The maximum atomic E-state index is 13.1. The van der Waals surface area contributed by atoms with Gasteiger partial charge in [0.2, 0.25) is 5.91 Å². The summed E-state index contributed by atoms with van der Waals surface area (Å²) in [4.78, 5) is 41.8. The van der Waals surface area contributed by atoms with Crippen LogP contribution in [-0.2, 0) is 11.3 Å². The molecule has 32 heavy (non-hydrogen) atoms. The molecule has 3 N–H and O–H groups in total. The number of carbonyl (C=O) groups is 1. The first kappa shape index (κ1) is 25.2. The van der Waals surface area contributed by atoms with E-state index in [1.165, 1.54) is 9.47 Å². The Balaban J connectivity index is 2.28. The minimum absolute atomic E-state index is 0.0273. The molecule has 1 aromatic carbocycles. The van der Waals surface area contributed by atoms with E-state index in [2.05, 4.69) is 4.98 Å². The second-order valence-corrected chi connectivity index (χ2v) is 8.65. The Kier molecular flexibility index (Phi) is 9.11. The summed E-state index contributed by atoms with van der Waals surface area (Å²) in [6, 6.07) is 5.88. The highest BCUT2D eigenvalue weighted by Crippen LogP contribution is 2.21. The van der Waals surface area contributed by atoms with Crippen molar-refractivity contribution in [3.8, 4) is 5.75 Å². The van der Waals surface area contributed by atoms with Crippen molar-refractivity contribution in [1.82, 2.24) is 9.55 Å². The van der Waals surface area contributed by atoms with Crippen LogP contribution < -0.4 is 26.6 Å². The lowest BCUT2D eigenvalue weighted by molar-refractivity contribution is -0.119. The van der Waals surface area contributed by atoms with Crippen molar-refractivity contribution in [2.24, 2.45) is 5.92 Å². The number of amides is 1. The molecule has 0 unspecified atom stereocenters. The van der Waals surface area contributed by atoms with Crippen molar-refractivity contribution in [3.05, 3.63) is 50.2 Å². The summed E-state index contributed by atoms with van der Waals surface area (Å²) in [6.45, 7) is 11.0. The molecule has 0 bridgehead atoms. The first-order valence-electron chi connectivity index (χ1n) is 11.3. The van der Waals surface area contributed by atoms with Crippen LogP contribution in [0.4, 0.5) is 11.5 Å². The smallest absolute Gasteiger partial charge is 0.330 e. The number of benzene rings is 1. The Morgan fingerprint density at radius 3 is 2.44 bits per heavy atom. The molecule has 1 amide bonds. The number of carbonyl (C=O) groups excluding carboxylic acids is 1. The number of aryl methyl sites for hydroxylation is 2. The Bertz CT molecular complexity index is 1020. The highest BCUT2D eigenvalue weighted by molar-refractivity contribution is 5.95. The fourth-order valence-corrected chi connectivity index (χ4v) is 3.53. The van der Waals surface area contributed by atoms with Crippen LogP contribution >= 0.6 is 0 Å². The number of rotatable bonds is 11. The third kappa shape index (κ3) is 6.73. The molecule has 0 radical (unpaired) electrons. The van der Waals surface area contributed by atoms with Crippen LogP contribution in [0.15, 0.2) is 27.8 Å². The molecule has 1 heterocycles. The van der Waals surface area contributed by atoms with Crippen LogP contribution in [0.2, 0.25) is 0 Å². The second kappa shape index (κ2) is 11.5. The van der Waals surface area contributed by atoms with E-state index in [1.807, 2.05) is 52.8 Å². The van der Waals surface area contributed by atoms with E-state index in [9.17, 15) is 14.4 Å². The number of hydrogen-bond donors (Lipinski definition) is 2. The molecular formula is C24H36N4O4. The van der Waals surface area contributed by atoms with Crippen LogP contribution in [-0.4, -0.2) is 28.6 Å². The van der Waals surface area contributed by atoms with Crippen LogP contribution in [0.5, 0.6) is 5.75 Å². The van der Waals surface area contributed by atoms with Crippen LogP contribution in [0, 0.1) is 19.8 Å². The molecule has 1 aromatic heterocycles. The first-order chi connectivity index (χ1) is 15.1. The highest BCUT2D eigenvalue weighted by Gasteiger charge is 2.24. The monoisotopic (exact) mass is 444 g/mol. The van der Waals surface area contributed by atoms with E-state index in [4.69, 9.17) is 10.5 Å². The fourth-order valence-electron chi connectivity index (χ4n) is 3.53. The lowest BCUT2D eigenvalue weighted by Gasteiger charge is -2.25. The van der Waals surface area contributed by atoms with E-state index >= 15 is 0 Å². The topological polar surface area (TPSA) is 110 Å². The van der Waals surface area contributed by atoms with Gasteiger partial charge in [0.15, 0.2) is 5.69 Å². The van der Waals surface area contributed by atoms with Crippen molar-refractivity contribution < 1.29 is 9.53 Å². The summed E-state index contributed by atoms with van der Waals surface area (Å²) in [6.07, 6.45) is 2.38. The number of aromatic nitrogens is 2. The number of nitrogens with two attached hydrogens (primary N) is 1. The number of anilines is 2. The third-order valence-corrected chi connectivity index (χ3v) is 5.23. The van der Waals surface area contributed by atoms with Gasteiger partial charge in [-0.25, -0.2) is 4.79 Å². The Morgan fingerprint density at radius 1 is 1.19 bits per heavy atom. The fraction of sp³-hybridized carbons (Fsp3) is 0.542. The number of nitrogens with one attached hydrogen (secondary N) is 1. The van der Waals surface area contributed by atoms with Crippen molar-refractivity contribution in [2.45, 2.75) is 66.8 Å². The van der Waals surface area contributed by atoms with Crippen molar-refractivity contribution in [2.75, 3.05) is 23.8 Å². The SMILES string of the molecule is CCCCn1c(N)c(N(CCC(C)C)C(=O)CCOc2cc(C)cc(C)c2)c(=O)[nH]c1=O. The van der Waals surface area contributed by atoms with Gasteiger partial charge in [-0.1, -0.05) is 33.3 Å². The van der Waals surface area contributed by atoms with E-state index < -0.39 is 11.2 Å². The highest BCUT2D eigenvalue weighted by atomic mass is 16.5. The zero-order chi connectivity index (χ0) is 23.8. The Morgan fingerprint density at radius 2 is 1.84 bits per heavy atom. The molecule has 0 spiro atoms. The number of nitrogens with zero attached hydrogens (tertiary/aromatic N) is 2. The van der Waals surface area contributed by atoms with Gasteiger partial charge in [0.1, 0.15) is 11.6 Å². The summed E-state index contributed by atoms with van der Waals surface area (Å²) in [5, 5.41) is 0. The summed E-state index contributed by atoms with van der Waals surface area (Å²) in [7, 11) is 0. The van der Waals surface area contributed by atoms with Gasteiger partial charge in [-0.2, -0.15) is 0 Å². The molecule has 0 saturated heterocycles. The van der Waals surface area contributed by atoms with Crippen molar-refractivity contribution in [3.63, 3.8) is 0 Å². The lowest BCUT2D eigenvalue weighted by Crippen LogP contribution is -2.42. The molecular weight excluding hydrogens is 408 g/mol. The van der Waals surface area contributed by atoms with Crippen LogP contribution in [0.3, 0.4) is 0 Å². The summed E-state index contributed by atoms with van der Waals surface area (Å²) in [5.41, 5.74) is 7.24.